The Labute approximate surface area is 169 Å². The van der Waals surface area contributed by atoms with Crippen LogP contribution >= 0.6 is 0 Å². The molecule has 0 spiro atoms. The summed E-state index contributed by atoms with van der Waals surface area (Å²) in [6, 6.07) is 16.0. The Morgan fingerprint density at radius 1 is 1.14 bits per heavy atom. The number of piperidine rings is 1. The van der Waals surface area contributed by atoms with Gasteiger partial charge in [-0.15, -0.1) is 5.10 Å². The first-order valence-corrected chi connectivity index (χ1v) is 9.74. The molecule has 4 rings (SSSR count). The van der Waals surface area contributed by atoms with E-state index in [4.69, 9.17) is 4.74 Å². The number of ether oxygens (including phenoxy) is 1. The van der Waals surface area contributed by atoms with Gasteiger partial charge in [0.05, 0.1) is 5.69 Å². The number of nitrogens with one attached hydrogen (secondary N) is 1. The van der Waals surface area contributed by atoms with E-state index in [1.807, 2.05) is 12.1 Å². The first-order valence-electron chi connectivity index (χ1n) is 9.74. The molecule has 1 amide bonds. The normalized spacial score (nSPS) is 14.6. The molecular weight excluding hydrogens is 368 g/mol. The number of aryl methyl sites for hydroxylation is 1. The van der Waals surface area contributed by atoms with E-state index in [2.05, 4.69) is 56.9 Å². The average Bonchev–Trinajstić information content (AvgIpc) is 3.28. The van der Waals surface area contributed by atoms with Gasteiger partial charge in [-0.3, -0.25) is 4.79 Å². The molecule has 0 unspecified atom stereocenters. The number of benzene rings is 2. The number of tetrazole rings is 1. The standard InChI is InChI=1S/C21H24N6O2/c1-16-3-2-4-19(13-16)26-11-9-17(10-12-26)23-21(28)14-29-20-7-5-18(6-8-20)27-15-22-24-25-27/h2-8,13,15,17H,9-12,14H2,1H3,(H,23,28). The van der Waals surface area contributed by atoms with Crippen LogP contribution in [0.15, 0.2) is 54.9 Å². The van der Waals surface area contributed by atoms with Crippen molar-refractivity contribution in [3.63, 3.8) is 0 Å². The molecule has 0 bridgehead atoms. The highest BCUT2D eigenvalue weighted by Crippen LogP contribution is 2.21. The van der Waals surface area contributed by atoms with Gasteiger partial charge in [-0.2, -0.15) is 0 Å². The van der Waals surface area contributed by atoms with Gasteiger partial charge < -0.3 is 15.0 Å². The van der Waals surface area contributed by atoms with E-state index in [-0.39, 0.29) is 18.6 Å². The number of hydrogen-bond donors (Lipinski definition) is 1. The van der Waals surface area contributed by atoms with Crippen molar-refractivity contribution in [1.82, 2.24) is 25.5 Å². The lowest BCUT2D eigenvalue weighted by Gasteiger charge is -2.34. The summed E-state index contributed by atoms with van der Waals surface area (Å²) in [5, 5.41) is 14.1. The van der Waals surface area contributed by atoms with E-state index < -0.39 is 0 Å². The molecule has 2 heterocycles. The molecule has 8 nitrogen and oxygen atoms in total. The van der Waals surface area contributed by atoms with Crippen molar-refractivity contribution in [3.05, 3.63) is 60.4 Å². The largest absolute Gasteiger partial charge is 0.484 e. The summed E-state index contributed by atoms with van der Waals surface area (Å²) in [6.45, 7) is 3.99. The second-order valence-corrected chi connectivity index (χ2v) is 7.20. The predicted octanol–water partition coefficient (Wildman–Crippen LogP) is 2.13. The number of anilines is 1. The second-order valence-electron chi connectivity index (χ2n) is 7.20. The molecule has 2 aromatic carbocycles. The lowest BCUT2D eigenvalue weighted by molar-refractivity contribution is -0.123. The van der Waals surface area contributed by atoms with Gasteiger partial charge in [0.15, 0.2) is 6.61 Å². The molecule has 1 aliphatic heterocycles. The summed E-state index contributed by atoms with van der Waals surface area (Å²) in [4.78, 5) is 14.6. The van der Waals surface area contributed by atoms with E-state index in [1.54, 1.807) is 16.8 Å². The summed E-state index contributed by atoms with van der Waals surface area (Å²) in [6.07, 6.45) is 3.38. The Morgan fingerprint density at radius 3 is 2.62 bits per heavy atom. The minimum absolute atomic E-state index is 0.00230. The first kappa shape index (κ1) is 18.9. The van der Waals surface area contributed by atoms with Crippen LogP contribution in [0.25, 0.3) is 5.69 Å². The fourth-order valence-electron chi connectivity index (χ4n) is 3.50. The minimum Gasteiger partial charge on any atom is -0.484 e. The van der Waals surface area contributed by atoms with E-state index in [0.29, 0.717) is 5.75 Å². The van der Waals surface area contributed by atoms with Crippen LogP contribution in [0.1, 0.15) is 18.4 Å². The molecule has 0 saturated carbocycles. The first-order chi connectivity index (χ1) is 14.2. The van der Waals surface area contributed by atoms with Gasteiger partial charge in [0, 0.05) is 24.8 Å². The quantitative estimate of drug-likeness (QED) is 0.692. The summed E-state index contributed by atoms with van der Waals surface area (Å²) in [5.74, 6) is 0.537. The maximum atomic E-state index is 12.3. The monoisotopic (exact) mass is 392 g/mol. The van der Waals surface area contributed by atoms with Crippen LogP contribution in [-0.2, 0) is 4.79 Å². The van der Waals surface area contributed by atoms with Gasteiger partial charge in [-0.05, 0) is 72.2 Å². The summed E-state index contributed by atoms with van der Waals surface area (Å²) >= 11 is 0. The Bertz CT molecular complexity index is 934. The van der Waals surface area contributed by atoms with E-state index in [0.717, 1.165) is 31.6 Å². The third-order valence-corrected chi connectivity index (χ3v) is 5.05. The van der Waals surface area contributed by atoms with Crippen molar-refractivity contribution in [3.8, 4) is 11.4 Å². The summed E-state index contributed by atoms with van der Waals surface area (Å²) < 4.78 is 7.16. The van der Waals surface area contributed by atoms with Crippen molar-refractivity contribution < 1.29 is 9.53 Å². The number of hydrogen-bond acceptors (Lipinski definition) is 6. The van der Waals surface area contributed by atoms with Gasteiger partial charge in [-0.1, -0.05) is 12.1 Å². The lowest BCUT2D eigenvalue weighted by Crippen LogP contribution is -2.46. The number of amides is 1. The van der Waals surface area contributed by atoms with Gasteiger partial charge in [-0.25, -0.2) is 4.68 Å². The number of carbonyl (C=O) groups excluding carboxylic acids is 1. The average molecular weight is 392 g/mol. The van der Waals surface area contributed by atoms with Gasteiger partial charge in [0.25, 0.3) is 5.91 Å². The summed E-state index contributed by atoms with van der Waals surface area (Å²) in [5.41, 5.74) is 3.34. The molecule has 1 saturated heterocycles. The van der Waals surface area contributed by atoms with Gasteiger partial charge in [0.2, 0.25) is 0 Å². The molecule has 3 aromatic rings. The number of aromatic nitrogens is 4. The van der Waals surface area contributed by atoms with Crippen LogP contribution in [0.4, 0.5) is 5.69 Å². The predicted molar refractivity (Wildman–Crippen MR) is 109 cm³/mol. The fourth-order valence-corrected chi connectivity index (χ4v) is 3.50. The van der Waals surface area contributed by atoms with Crippen molar-refractivity contribution in [2.45, 2.75) is 25.8 Å². The Balaban J connectivity index is 1.21. The summed E-state index contributed by atoms with van der Waals surface area (Å²) in [7, 11) is 0. The third-order valence-electron chi connectivity index (χ3n) is 5.05. The van der Waals surface area contributed by atoms with E-state index >= 15 is 0 Å². The number of nitrogens with zero attached hydrogens (tertiary/aromatic N) is 5. The topological polar surface area (TPSA) is 85.2 Å². The van der Waals surface area contributed by atoms with Crippen LogP contribution in [0, 0.1) is 6.92 Å². The Hall–Kier alpha value is -3.42. The van der Waals surface area contributed by atoms with Crippen molar-refractivity contribution in [2.75, 3.05) is 24.6 Å². The lowest BCUT2D eigenvalue weighted by atomic mass is 10.0. The number of rotatable bonds is 6. The molecule has 1 aromatic heterocycles. The van der Waals surface area contributed by atoms with Crippen LogP contribution < -0.4 is 15.0 Å². The molecule has 29 heavy (non-hydrogen) atoms. The van der Waals surface area contributed by atoms with E-state index in [9.17, 15) is 4.79 Å². The highest BCUT2D eigenvalue weighted by molar-refractivity contribution is 5.77. The molecule has 0 radical (unpaired) electrons. The Kier molecular flexibility index (Phi) is 5.69. The highest BCUT2D eigenvalue weighted by Gasteiger charge is 2.21. The molecule has 1 fully saturated rings. The fraction of sp³-hybridized carbons (Fsp3) is 0.333. The molecule has 1 aliphatic rings. The molecule has 8 heteroatoms. The van der Waals surface area contributed by atoms with E-state index in [1.165, 1.54) is 17.6 Å². The van der Waals surface area contributed by atoms with Gasteiger partial charge >= 0.3 is 0 Å². The number of carbonyl (C=O) groups is 1. The van der Waals surface area contributed by atoms with Gasteiger partial charge in [0.1, 0.15) is 12.1 Å². The molecule has 1 N–H and O–H groups in total. The van der Waals surface area contributed by atoms with Crippen LogP contribution in [0.2, 0.25) is 0 Å². The smallest absolute Gasteiger partial charge is 0.258 e. The van der Waals surface area contributed by atoms with Crippen molar-refractivity contribution in [2.24, 2.45) is 0 Å². The third kappa shape index (κ3) is 4.90. The minimum atomic E-state index is -0.0939. The van der Waals surface area contributed by atoms with Crippen molar-refractivity contribution in [1.29, 1.82) is 0 Å². The highest BCUT2D eigenvalue weighted by atomic mass is 16.5. The second kappa shape index (κ2) is 8.72. The van der Waals surface area contributed by atoms with Crippen molar-refractivity contribution >= 4 is 11.6 Å². The van der Waals surface area contributed by atoms with Crippen LogP contribution in [0.3, 0.4) is 0 Å². The molecule has 0 atom stereocenters. The zero-order chi connectivity index (χ0) is 20.1. The maximum Gasteiger partial charge on any atom is 0.258 e. The SMILES string of the molecule is Cc1cccc(N2CCC(NC(=O)COc3ccc(-n4cnnn4)cc3)CC2)c1. The molecule has 0 aliphatic carbocycles. The molecule has 150 valence electrons. The van der Waals surface area contributed by atoms with Crippen LogP contribution in [0.5, 0.6) is 5.75 Å². The zero-order valence-electron chi connectivity index (χ0n) is 16.4. The Morgan fingerprint density at radius 2 is 1.93 bits per heavy atom. The van der Waals surface area contributed by atoms with Crippen LogP contribution in [-0.4, -0.2) is 51.9 Å². The molecular formula is C21H24N6O2. The maximum absolute atomic E-state index is 12.3. The zero-order valence-corrected chi connectivity index (χ0v) is 16.4.